The third kappa shape index (κ3) is 1.61. The number of carbonyl (C=O) groups excluding carboxylic acids is 1. The molecule has 1 aromatic carbocycles. The largest absolute Gasteiger partial charge is 0.356 e. The molecule has 2 heterocycles. The van der Waals surface area contributed by atoms with Crippen LogP contribution in [0.25, 0.3) is 0 Å². The van der Waals surface area contributed by atoms with Crippen molar-refractivity contribution in [2.45, 2.75) is 32.7 Å². The summed E-state index contributed by atoms with van der Waals surface area (Å²) >= 11 is 6.31. The third-order valence-corrected chi connectivity index (χ3v) is 4.36. The second kappa shape index (κ2) is 3.89. The molecule has 0 saturated carbocycles. The molecule has 3 rings (SSSR count). The lowest BCUT2D eigenvalue weighted by atomic mass is 9.75. The highest BCUT2D eigenvalue weighted by atomic mass is 35.5. The lowest BCUT2D eigenvalue weighted by Gasteiger charge is -2.49. The lowest BCUT2D eigenvalue weighted by Crippen LogP contribution is -2.58. The molecule has 1 aromatic rings. The average Bonchev–Trinajstić information content (AvgIpc) is 2.27. The highest BCUT2D eigenvalue weighted by Gasteiger charge is 2.46. The van der Waals surface area contributed by atoms with Gasteiger partial charge < -0.3 is 10.2 Å². The van der Waals surface area contributed by atoms with E-state index in [1.165, 1.54) is 0 Å². The van der Waals surface area contributed by atoms with E-state index in [0.717, 1.165) is 35.8 Å². The summed E-state index contributed by atoms with van der Waals surface area (Å²) in [6, 6.07) is 5.56. The number of anilines is 2. The van der Waals surface area contributed by atoms with Gasteiger partial charge in [0.2, 0.25) is 5.91 Å². The van der Waals surface area contributed by atoms with Crippen molar-refractivity contribution in [2.24, 2.45) is 5.41 Å². The molecule has 1 fully saturated rings. The molecule has 2 aliphatic heterocycles. The number of para-hydroxylation sites is 1. The molecule has 0 radical (unpaired) electrons. The Hall–Kier alpha value is -1.22. The number of nitrogens with one attached hydrogen (secondary N) is 1. The summed E-state index contributed by atoms with van der Waals surface area (Å²) in [4.78, 5) is 14.5. The van der Waals surface area contributed by atoms with Gasteiger partial charge in [-0.2, -0.15) is 0 Å². The van der Waals surface area contributed by atoms with Crippen LogP contribution in [0.5, 0.6) is 0 Å². The predicted octanol–water partition coefficient (Wildman–Crippen LogP) is 3.29. The van der Waals surface area contributed by atoms with Crippen molar-refractivity contribution in [2.75, 3.05) is 16.8 Å². The Morgan fingerprint density at radius 1 is 1.44 bits per heavy atom. The monoisotopic (exact) mass is 264 g/mol. The number of halogens is 1. The van der Waals surface area contributed by atoms with E-state index in [4.69, 9.17) is 11.6 Å². The molecule has 3 nitrogen and oxygen atoms in total. The summed E-state index contributed by atoms with van der Waals surface area (Å²) in [5.74, 6) is 0.0921. The van der Waals surface area contributed by atoms with Crippen molar-refractivity contribution in [1.82, 2.24) is 0 Å². The number of hydrogen-bond donors (Lipinski definition) is 1. The van der Waals surface area contributed by atoms with E-state index in [2.05, 4.69) is 24.1 Å². The third-order valence-electron chi connectivity index (χ3n) is 4.05. The van der Waals surface area contributed by atoms with Gasteiger partial charge in [0.05, 0.1) is 16.4 Å². The minimum absolute atomic E-state index is 0.0147. The minimum atomic E-state index is -0.112. The maximum atomic E-state index is 12.3. The highest BCUT2D eigenvalue weighted by molar-refractivity contribution is 6.34. The number of fused-ring (bicyclic) bond motifs is 3. The van der Waals surface area contributed by atoms with Crippen molar-refractivity contribution < 1.29 is 4.79 Å². The van der Waals surface area contributed by atoms with Crippen LogP contribution in [0.1, 0.15) is 26.7 Å². The van der Waals surface area contributed by atoms with E-state index in [9.17, 15) is 4.79 Å². The van der Waals surface area contributed by atoms with Gasteiger partial charge in [0.25, 0.3) is 0 Å². The number of rotatable bonds is 0. The summed E-state index contributed by atoms with van der Waals surface area (Å²) in [6.45, 7) is 5.22. The molecule has 1 saturated heterocycles. The second-order valence-electron chi connectivity index (χ2n) is 5.81. The fourth-order valence-corrected chi connectivity index (χ4v) is 3.52. The van der Waals surface area contributed by atoms with E-state index >= 15 is 0 Å². The van der Waals surface area contributed by atoms with Crippen LogP contribution < -0.4 is 10.2 Å². The molecule has 96 valence electrons. The Morgan fingerprint density at radius 2 is 2.22 bits per heavy atom. The molecule has 4 heteroatoms. The number of amides is 1. The second-order valence-corrected chi connectivity index (χ2v) is 6.22. The Morgan fingerprint density at radius 3 is 3.00 bits per heavy atom. The van der Waals surface area contributed by atoms with E-state index < -0.39 is 0 Å². The first kappa shape index (κ1) is 11.8. The van der Waals surface area contributed by atoms with Gasteiger partial charge in [0.15, 0.2) is 0 Å². The lowest BCUT2D eigenvalue weighted by molar-refractivity contribution is -0.120. The van der Waals surface area contributed by atoms with Gasteiger partial charge in [-0.1, -0.05) is 31.5 Å². The van der Waals surface area contributed by atoms with Crippen molar-refractivity contribution in [3.05, 3.63) is 23.2 Å². The predicted molar refractivity (Wildman–Crippen MR) is 74.2 cm³/mol. The van der Waals surface area contributed by atoms with E-state index in [0.29, 0.717) is 0 Å². The molecule has 1 amide bonds. The van der Waals surface area contributed by atoms with Crippen LogP contribution in [-0.4, -0.2) is 18.5 Å². The SMILES string of the molecule is CC1(C)CCCN2c3c(Cl)cccc3NC(=O)C21. The van der Waals surface area contributed by atoms with Crippen molar-refractivity contribution in [1.29, 1.82) is 0 Å². The smallest absolute Gasteiger partial charge is 0.247 e. The summed E-state index contributed by atoms with van der Waals surface area (Å²) in [5, 5.41) is 3.71. The van der Waals surface area contributed by atoms with Crippen LogP contribution in [0.15, 0.2) is 18.2 Å². The number of hydrogen-bond acceptors (Lipinski definition) is 2. The van der Waals surface area contributed by atoms with Crippen LogP contribution in [-0.2, 0) is 4.79 Å². The molecule has 0 bridgehead atoms. The molecule has 0 spiro atoms. The van der Waals surface area contributed by atoms with Crippen molar-refractivity contribution in [3.63, 3.8) is 0 Å². The fourth-order valence-electron chi connectivity index (χ4n) is 3.24. The first-order valence-electron chi connectivity index (χ1n) is 6.37. The standard InChI is InChI=1S/C14H17ClN2O/c1-14(2)7-4-8-17-11-9(15)5-3-6-10(11)16-13(18)12(14)17/h3,5-6,12H,4,7-8H2,1-2H3,(H,16,18). The molecule has 1 unspecified atom stereocenters. The van der Waals surface area contributed by atoms with Crippen molar-refractivity contribution >= 4 is 28.9 Å². The zero-order valence-corrected chi connectivity index (χ0v) is 11.4. The van der Waals surface area contributed by atoms with Crippen LogP contribution in [0, 0.1) is 5.41 Å². The maximum Gasteiger partial charge on any atom is 0.247 e. The van der Waals surface area contributed by atoms with Crippen LogP contribution in [0.2, 0.25) is 5.02 Å². The Labute approximate surface area is 112 Å². The van der Waals surface area contributed by atoms with Gasteiger partial charge in [-0.05, 0) is 30.4 Å². The van der Waals surface area contributed by atoms with E-state index in [-0.39, 0.29) is 17.4 Å². The van der Waals surface area contributed by atoms with Gasteiger partial charge >= 0.3 is 0 Å². The normalized spacial score (nSPS) is 25.2. The Balaban J connectivity index is 2.14. The van der Waals surface area contributed by atoms with Crippen LogP contribution in [0.4, 0.5) is 11.4 Å². The minimum Gasteiger partial charge on any atom is -0.356 e. The van der Waals surface area contributed by atoms with E-state index in [1.54, 1.807) is 0 Å². The van der Waals surface area contributed by atoms with Gasteiger partial charge in [-0.3, -0.25) is 4.79 Å². The molecule has 1 atom stereocenters. The number of nitrogens with zero attached hydrogens (tertiary/aromatic N) is 1. The van der Waals surface area contributed by atoms with Crippen molar-refractivity contribution in [3.8, 4) is 0 Å². The summed E-state index contributed by atoms with van der Waals surface area (Å²) in [5.41, 5.74) is 1.80. The van der Waals surface area contributed by atoms with Gasteiger partial charge in [0.1, 0.15) is 6.04 Å². The molecule has 18 heavy (non-hydrogen) atoms. The van der Waals surface area contributed by atoms with Crippen LogP contribution >= 0.6 is 11.6 Å². The maximum absolute atomic E-state index is 12.3. The van der Waals surface area contributed by atoms with Crippen LogP contribution in [0.3, 0.4) is 0 Å². The number of carbonyl (C=O) groups is 1. The molecule has 1 N–H and O–H groups in total. The molecular formula is C14H17ClN2O. The summed E-state index contributed by atoms with van der Waals surface area (Å²) in [6.07, 6.45) is 2.17. The summed E-state index contributed by atoms with van der Waals surface area (Å²) < 4.78 is 0. The van der Waals surface area contributed by atoms with Gasteiger partial charge in [0, 0.05) is 6.54 Å². The zero-order chi connectivity index (χ0) is 12.9. The topological polar surface area (TPSA) is 32.3 Å². The first-order chi connectivity index (χ1) is 8.50. The average molecular weight is 265 g/mol. The van der Waals surface area contributed by atoms with E-state index in [1.807, 2.05) is 18.2 Å². The molecule has 2 aliphatic rings. The first-order valence-corrected chi connectivity index (χ1v) is 6.74. The molecular weight excluding hydrogens is 248 g/mol. The molecule has 0 aliphatic carbocycles. The Kier molecular flexibility index (Phi) is 2.56. The number of benzene rings is 1. The quantitative estimate of drug-likeness (QED) is 0.780. The zero-order valence-electron chi connectivity index (χ0n) is 10.7. The Bertz CT molecular complexity index is 513. The summed E-state index contributed by atoms with van der Waals surface area (Å²) in [7, 11) is 0. The van der Waals surface area contributed by atoms with Gasteiger partial charge in [-0.15, -0.1) is 0 Å². The molecule has 0 aromatic heterocycles. The number of piperidine rings is 1. The highest BCUT2D eigenvalue weighted by Crippen LogP contribution is 2.46. The fraction of sp³-hybridized carbons (Fsp3) is 0.500. The van der Waals surface area contributed by atoms with Gasteiger partial charge in [-0.25, -0.2) is 0 Å².